The predicted octanol–water partition coefficient (Wildman–Crippen LogP) is 0.714. The fourth-order valence-corrected chi connectivity index (χ4v) is 2.46. The number of sulfonamides is 1. The lowest BCUT2D eigenvalue weighted by Gasteiger charge is -2.07. The minimum Gasteiger partial charge on any atom is -0.456 e. The summed E-state index contributed by atoms with van der Waals surface area (Å²) in [7, 11) is -3.63. The number of hydrogen-bond donors (Lipinski definition) is 1. The van der Waals surface area contributed by atoms with Gasteiger partial charge in [-0.05, 0) is 19.1 Å². The number of hydrogen-bond acceptors (Lipinski definition) is 4. The molecule has 17 heavy (non-hydrogen) atoms. The molecule has 2 rings (SSSR count). The quantitative estimate of drug-likeness (QED) is 0.805. The van der Waals surface area contributed by atoms with E-state index in [0.717, 1.165) is 11.6 Å². The van der Waals surface area contributed by atoms with Gasteiger partial charge in [0.25, 0.3) is 10.0 Å². The number of cyclic esters (lactones) is 1. The molecule has 0 spiro atoms. The van der Waals surface area contributed by atoms with Crippen molar-refractivity contribution in [3.63, 3.8) is 0 Å². The zero-order valence-corrected chi connectivity index (χ0v) is 9.95. The molecule has 0 saturated heterocycles. The molecule has 0 aliphatic carbocycles. The fourth-order valence-electron chi connectivity index (χ4n) is 1.38. The Hall–Kier alpha value is -1.82. The molecule has 0 saturated carbocycles. The van der Waals surface area contributed by atoms with Crippen LogP contribution in [0.4, 0.5) is 0 Å². The van der Waals surface area contributed by atoms with Gasteiger partial charge in [-0.3, -0.25) is 4.72 Å². The van der Waals surface area contributed by atoms with E-state index in [-0.39, 0.29) is 17.2 Å². The Morgan fingerprint density at radius 2 is 1.88 bits per heavy atom. The van der Waals surface area contributed by atoms with Crippen molar-refractivity contribution in [2.75, 3.05) is 6.61 Å². The lowest BCUT2D eigenvalue weighted by atomic mass is 10.2. The molecule has 1 aliphatic heterocycles. The van der Waals surface area contributed by atoms with E-state index in [1.54, 1.807) is 12.1 Å². The molecule has 0 amide bonds. The minimum atomic E-state index is -3.63. The van der Waals surface area contributed by atoms with Crippen molar-refractivity contribution in [3.8, 4) is 0 Å². The molecular weight excluding hydrogens is 242 g/mol. The van der Waals surface area contributed by atoms with E-state index in [1.165, 1.54) is 12.1 Å². The van der Waals surface area contributed by atoms with Crippen LogP contribution in [-0.2, 0) is 19.6 Å². The second kappa shape index (κ2) is 4.21. The maximum absolute atomic E-state index is 11.9. The molecule has 0 bridgehead atoms. The molecule has 1 aromatic carbocycles. The largest absolute Gasteiger partial charge is 0.456 e. The summed E-state index contributed by atoms with van der Waals surface area (Å²) >= 11 is 0. The molecule has 0 unspecified atom stereocenters. The summed E-state index contributed by atoms with van der Waals surface area (Å²) in [5.41, 5.74) is 1.22. The number of benzene rings is 1. The average molecular weight is 253 g/mol. The standard InChI is InChI=1S/C11H11NO4S/c1-8-2-4-10(5-3-8)17(14,15)12-9-6-11(13)16-7-9/h2-6,12H,7H2,1H3. The van der Waals surface area contributed by atoms with Crippen molar-refractivity contribution < 1.29 is 17.9 Å². The maximum atomic E-state index is 11.9. The van der Waals surface area contributed by atoms with Crippen molar-refractivity contribution in [1.82, 2.24) is 4.72 Å². The molecule has 0 aromatic heterocycles. The van der Waals surface area contributed by atoms with E-state index >= 15 is 0 Å². The van der Waals surface area contributed by atoms with Gasteiger partial charge in [-0.2, -0.15) is 0 Å². The first kappa shape index (κ1) is 11.7. The van der Waals surface area contributed by atoms with E-state index in [9.17, 15) is 13.2 Å². The second-order valence-electron chi connectivity index (χ2n) is 3.70. The van der Waals surface area contributed by atoms with Crippen molar-refractivity contribution >= 4 is 16.0 Å². The molecule has 1 heterocycles. The van der Waals surface area contributed by atoms with Gasteiger partial charge in [-0.25, -0.2) is 13.2 Å². The third-order valence-corrected chi connectivity index (χ3v) is 3.68. The minimum absolute atomic E-state index is 0.0378. The van der Waals surface area contributed by atoms with Crippen LogP contribution >= 0.6 is 0 Å². The van der Waals surface area contributed by atoms with Crippen LogP contribution in [0.1, 0.15) is 5.56 Å². The molecular formula is C11H11NO4S. The van der Waals surface area contributed by atoms with Gasteiger partial charge >= 0.3 is 5.97 Å². The van der Waals surface area contributed by atoms with Gasteiger partial charge < -0.3 is 4.74 Å². The third kappa shape index (κ3) is 2.65. The summed E-state index contributed by atoms with van der Waals surface area (Å²) in [5.74, 6) is -0.536. The Bertz CT molecular complexity index is 572. The summed E-state index contributed by atoms with van der Waals surface area (Å²) in [6, 6.07) is 6.43. The zero-order chi connectivity index (χ0) is 12.5. The number of rotatable bonds is 3. The Labute approximate surface area is 99.1 Å². The highest BCUT2D eigenvalue weighted by atomic mass is 32.2. The number of nitrogens with one attached hydrogen (secondary N) is 1. The highest BCUT2D eigenvalue weighted by Crippen LogP contribution is 2.12. The van der Waals surface area contributed by atoms with Crippen molar-refractivity contribution in [2.45, 2.75) is 11.8 Å². The van der Waals surface area contributed by atoms with E-state index in [0.29, 0.717) is 0 Å². The number of carbonyl (C=O) groups is 1. The monoisotopic (exact) mass is 253 g/mol. The molecule has 1 aliphatic rings. The Morgan fingerprint density at radius 3 is 2.41 bits per heavy atom. The van der Waals surface area contributed by atoms with Gasteiger partial charge in [-0.1, -0.05) is 17.7 Å². The lowest BCUT2D eigenvalue weighted by Crippen LogP contribution is -2.23. The number of carbonyl (C=O) groups excluding carboxylic acids is 1. The molecule has 5 nitrogen and oxygen atoms in total. The first-order chi connectivity index (χ1) is 7.97. The third-order valence-electron chi connectivity index (χ3n) is 2.26. The second-order valence-corrected chi connectivity index (χ2v) is 5.38. The van der Waals surface area contributed by atoms with E-state index in [1.807, 2.05) is 6.92 Å². The van der Waals surface area contributed by atoms with Gasteiger partial charge in [0.1, 0.15) is 6.61 Å². The van der Waals surface area contributed by atoms with Crippen LogP contribution in [0, 0.1) is 6.92 Å². The fraction of sp³-hybridized carbons (Fsp3) is 0.182. The lowest BCUT2D eigenvalue weighted by molar-refractivity contribution is -0.134. The summed E-state index contributed by atoms with van der Waals surface area (Å²) in [5, 5.41) is 0. The molecule has 1 aromatic rings. The number of esters is 1. The first-order valence-electron chi connectivity index (χ1n) is 4.94. The average Bonchev–Trinajstić information content (AvgIpc) is 2.63. The van der Waals surface area contributed by atoms with E-state index in [2.05, 4.69) is 9.46 Å². The summed E-state index contributed by atoms with van der Waals surface area (Å²) < 4.78 is 30.7. The van der Waals surface area contributed by atoms with Crippen molar-refractivity contribution in [1.29, 1.82) is 0 Å². The van der Waals surface area contributed by atoms with Crippen molar-refractivity contribution in [2.24, 2.45) is 0 Å². The van der Waals surface area contributed by atoms with Crippen LogP contribution < -0.4 is 4.72 Å². The van der Waals surface area contributed by atoms with Crippen LogP contribution in [0.15, 0.2) is 40.9 Å². The zero-order valence-electron chi connectivity index (χ0n) is 9.14. The first-order valence-corrected chi connectivity index (χ1v) is 6.42. The molecule has 90 valence electrons. The van der Waals surface area contributed by atoms with Crippen LogP contribution in [0.3, 0.4) is 0 Å². The van der Waals surface area contributed by atoms with Gasteiger partial charge in [0.05, 0.1) is 10.6 Å². The van der Waals surface area contributed by atoms with Crippen LogP contribution in [-0.4, -0.2) is 21.0 Å². The molecule has 0 atom stereocenters. The maximum Gasteiger partial charge on any atom is 0.333 e. The van der Waals surface area contributed by atoms with Gasteiger partial charge in [0, 0.05) is 6.08 Å². The summed E-state index contributed by atoms with van der Waals surface area (Å²) in [6.45, 7) is 1.83. The Morgan fingerprint density at radius 1 is 1.24 bits per heavy atom. The smallest absolute Gasteiger partial charge is 0.333 e. The normalized spacial score (nSPS) is 15.4. The highest BCUT2D eigenvalue weighted by Gasteiger charge is 2.20. The van der Waals surface area contributed by atoms with Crippen LogP contribution in [0.25, 0.3) is 0 Å². The van der Waals surface area contributed by atoms with Crippen LogP contribution in [0.5, 0.6) is 0 Å². The van der Waals surface area contributed by atoms with Gasteiger partial charge in [0.2, 0.25) is 0 Å². The van der Waals surface area contributed by atoms with E-state index < -0.39 is 16.0 Å². The molecule has 0 radical (unpaired) electrons. The topological polar surface area (TPSA) is 72.5 Å². The molecule has 0 fully saturated rings. The SMILES string of the molecule is Cc1ccc(S(=O)(=O)NC2=CC(=O)OC2)cc1. The molecule has 6 heteroatoms. The van der Waals surface area contributed by atoms with Gasteiger partial charge in [-0.15, -0.1) is 0 Å². The van der Waals surface area contributed by atoms with Crippen molar-refractivity contribution in [3.05, 3.63) is 41.6 Å². The summed E-state index contributed by atoms with van der Waals surface area (Å²) in [4.78, 5) is 10.9. The highest BCUT2D eigenvalue weighted by molar-refractivity contribution is 7.89. The van der Waals surface area contributed by atoms with E-state index in [4.69, 9.17) is 0 Å². The van der Waals surface area contributed by atoms with Gasteiger partial charge in [0.15, 0.2) is 0 Å². The summed E-state index contributed by atoms with van der Waals surface area (Å²) in [6.07, 6.45) is 1.13. The Balaban J connectivity index is 2.22. The number of aryl methyl sites for hydroxylation is 1. The predicted molar refractivity (Wildman–Crippen MR) is 60.5 cm³/mol. The van der Waals surface area contributed by atoms with Crippen LogP contribution in [0.2, 0.25) is 0 Å². The molecule has 1 N–H and O–H groups in total. The Kier molecular flexibility index (Phi) is 2.89. The number of ether oxygens (including phenoxy) is 1.